The van der Waals surface area contributed by atoms with E-state index in [1.54, 1.807) is 19.3 Å². The highest BCUT2D eigenvalue weighted by Gasteiger charge is 2.27. The number of piperidine rings is 1. The molecule has 8 heteroatoms. The van der Waals surface area contributed by atoms with Crippen molar-refractivity contribution in [2.75, 3.05) is 19.3 Å². The fourth-order valence-electron chi connectivity index (χ4n) is 2.39. The zero-order chi connectivity index (χ0) is 15.6. The first-order valence-corrected chi connectivity index (χ1v) is 8.55. The molecule has 0 radical (unpaired) electrons. The van der Waals surface area contributed by atoms with Crippen molar-refractivity contribution in [3.63, 3.8) is 0 Å². The van der Waals surface area contributed by atoms with Gasteiger partial charge in [0.05, 0.1) is 6.26 Å². The summed E-state index contributed by atoms with van der Waals surface area (Å²) in [5.74, 6) is -0.462. The third kappa shape index (κ3) is 3.70. The van der Waals surface area contributed by atoms with Crippen molar-refractivity contribution in [1.29, 1.82) is 0 Å². The van der Waals surface area contributed by atoms with E-state index in [9.17, 15) is 18.0 Å². The molecule has 7 nitrogen and oxygen atoms in total. The Labute approximate surface area is 123 Å². The molecular weight excluding hydrogens is 294 g/mol. The number of hydrogen-bond acceptors (Lipinski definition) is 4. The molecule has 1 saturated heterocycles. The molecule has 2 heterocycles. The van der Waals surface area contributed by atoms with Crippen molar-refractivity contribution in [1.82, 2.24) is 14.2 Å². The number of aromatic nitrogens is 1. The Kier molecular flexibility index (Phi) is 4.48. The SMILES string of the molecule is Cn1cccc(C(=O)NC2CCCN(S(C)(=O)=O)C2)c1=O. The highest BCUT2D eigenvalue weighted by atomic mass is 32.2. The summed E-state index contributed by atoms with van der Waals surface area (Å²) in [5, 5.41) is 2.75. The van der Waals surface area contributed by atoms with Crippen molar-refractivity contribution >= 4 is 15.9 Å². The van der Waals surface area contributed by atoms with Crippen molar-refractivity contribution < 1.29 is 13.2 Å². The van der Waals surface area contributed by atoms with Crippen molar-refractivity contribution in [3.8, 4) is 0 Å². The molecular formula is C13H19N3O4S. The molecule has 116 valence electrons. The molecule has 1 aromatic heterocycles. The molecule has 2 rings (SSSR count). The number of nitrogens with zero attached hydrogens (tertiary/aromatic N) is 2. The number of nitrogens with one attached hydrogen (secondary N) is 1. The molecule has 0 saturated carbocycles. The van der Waals surface area contributed by atoms with Gasteiger partial charge in [-0.2, -0.15) is 0 Å². The van der Waals surface area contributed by atoms with Gasteiger partial charge >= 0.3 is 0 Å². The highest BCUT2D eigenvalue weighted by molar-refractivity contribution is 7.88. The number of carbonyl (C=O) groups is 1. The zero-order valence-corrected chi connectivity index (χ0v) is 12.9. The van der Waals surface area contributed by atoms with Crippen LogP contribution in [0, 0.1) is 0 Å². The van der Waals surface area contributed by atoms with Gasteiger partial charge in [0, 0.05) is 32.4 Å². The third-order valence-electron chi connectivity index (χ3n) is 3.56. The monoisotopic (exact) mass is 313 g/mol. The number of pyridine rings is 1. The van der Waals surface area contributed by atoms with E-state index >= 15 is 0 Å². The second-order valence-electron chi connectivity index (χ2n) is 5.27. The molecule has 21 heavy (non-hydrogen) atoms. The molecule has 0 aromatic carbocycles. The van der Waals surface area contributed by atoms with Crippen LogP contribution in [0.5, 0.6) is 0 Å². The molecule has 0 spiro atoms. The van der Waals surface area contributed by atoms with E-state index in [0.29, 0.717) is 19.4 Å². The second kappa shape index (κ2) is 5.98. The largest absolute Gasteiger partial charge is 0.348 e. The molecule has 1 amide bonds. The van der Waals surface area contributed by atoms with Crippen LogP contribution in [0.4, 0.5) is 0 Å². The minimum Gasteiger partial charge on any atom is -0.348 e. The van der Waals surface area contributed by atoms with E-state index < -0.39 is 15.9 Å². The fourth-order valence-corrected chi connectivity index (χ4v) is 3.31. The summed E-state index contributed by atoms with van der Waals surface area (Å²) in [6.07, 6.45) is 4.12. The predicted molar refractivity (Wildman–Crippen MR) is 78.6 cm³/mol. The van der Waals surface area contributed by atoms with Crippen LogP contribution in [-0.2, 0) is 17.1 Å². The van der Waals surface area contributed by atoms with E-state index in [2.05, 4.69) is 5.32 Å². The van der Waals surface area contributed by atoms with Gasteiger partial charge in [-0.3, -0.25) is 9.59 Å². The number of aryl methyl sites for hydroxylation is 1. The summed E-state index contributed by atoms with van der Waals surface area (Å²) in [7, 11) is -1.68. The number of hydrogen-bond donors (Lipinski definition) is 1. The van der Waals surface area contributed by atoms with Crippen LogP contribution < -0.4 is 10.9 Å². The van der Waals surface area contributed by atoms with Gasteiger partial charge < -0.3 is 9.88 Å². The van der Waals surface area contributed by atoms with Crippen molar-refractivity contribution in [3.05, 3.63) is 34.2 Å². The van der Waals surface area contributed by atoms with E-state index in [1.807, 2.05) is 0 Å². The Morgan fingerprint density at radius 3 is 2.81 bits per heavy atom. The van der Waals surface area contributed by atoms with Gasteiger partial charge in [-0.1, -0.05) is 0 Å². The summed E-state index contributed by atoms with van der Waals surface area (Å²) >= 11 is 0. The Balaban J connectivity index is 2.09. The average molecular weight is 313 g/mol. The topological polar surface area (TPSA) is 88.5 Å². The first-order valence-electron chi connectivity index (χ1n) is 6.70. The lowest BCUT2D eigenvalue weighted by molar-refractivity contribution is 0.0919. The van der Waals surface area contributed by atoms with E-state index in [-0.39, 0.29) is 23.7 Å². The van der Waals surface area contributed by atoms with Crippen LogP contribution in [0.15, 0.2) is 23.1 Å². The summed E-state index contributed by atoms with van der Waals surface area (Å²) in [6, 6.07) is 2.82. The van der Waals surface area contributed by atoms with Crippen LogP contribution in [0.25, 0.3) is 0 Å². The fraction of sp³-hybridized carbons (Fsp3) is 0.538. The molecule has 1 aliphatic rings. The molecule has 1 atom stereocenters. The second-order valence-corrected chi connectivity index (χ2v) is 7.25. The van der Waals surface area contributed by atoms with Gasteiger partial charge in [0.15, 0.2) is 0 Å². The lowest BCUT2D eigenvalue weighted by Crippen LogP contribution is -2.50. The van der Waals surface area contributed by atoms with Gasteiger partial charge in [-0.05, 0) is 25.0 Å². The maximum Gasteiger partial charge on any atom is 0.263 e. The first kappa shape index (κ1) is 15.7. The van der Waals surface area contributed by atoms with Crippen LogP contribution in [-0.4, -0.2) is 48.6 Å². The molecule has 1 aliphatic heterocycles. The van der Waals surface area contributed by atoms with Crippen LogP contribution in [0.1, 0.15) is 23.2 Å². The lowest BCUT2D eigenvalue weighted by atomic mass is 10.1. The maximum atomic E-state index is 12.1. The van der Waals surface area contributed by atoms with Gasteiger partial charge in [0.25, 0.3) is 11.5 Å². The number of sulfonamides is 1. The van der Waals surface area contributed by atoms with E-state index in [1.165, 1.54) is 14.9 Å². The van der Waals surface area contributed by atoms with Gasteiger partial charge in [0.2, 0.25) is 10.0 Å². The quantitative estimate of drug-likeness (QED) is 0.818. The summed E-state index contributed by atoms with van der Waals surface area (Å²) < 4.78 is 25.8. The number of amides is 1. The number of rotatable bonds is 3. The third-order valence-corrected chi connectivity index (χ3v) is 4.83. The smallest absolute Gasteiger partial charge is 0.263 e. The van der Waals surface area contributed by atoms with Crippen LogP contribution in [0.3, 0.4) is 0 Å². The minimum absolute atomic E-state index is 0.0662. The molecule has 1 aromatic rings. The standard InChI is InChI=1S/C13H19N3O4S/c1-15-7-4-6-11(13(15)18)12(17)14-10-5-3-8-16(9-10)21(2,19)20/h4,6-7,10H,3,5,8-9H2,1-2H3,(H,14,17). The molecule has 1 N–H and O–H groups in total. The predicted octanol–water partition coefficient (Wildman–Crippen LogP) is -0.461. The van der Waals surface area contributed by atoms with Crippen molar-refractivity contribution in [2.45, 2.75) is 18.9 Å². The lowest BCUT2D eigenvalue weighted by Gasteiger charge is -2.31. The minimum atomic E-state index is -3.26. The van der Waals surface area contributed by atoms with Gasteiger partial charge in [0.1, 0.15) is 5.56 Å². The number of carbonyl (C=O) groups excluding carboxylic acids is 1. The zero-order valence-electron chi connectivity index (χ0n) is 12.1. The van der Waals surface area contributed by atoms with Crippen molar-refractivity contribution in [2.24, 2.45) is 7.05 Å². The Morgan fingerprint density at radius 2 is 2.14 bits per heavy atom. The highest BCUT2D eigenvalue weighted by Crippen LogP contribution is 2.13. The molecule has 1 fully saturated rings. The van der Waals surface area contributed by atoms with Gasteiger partial charge in [-0.25, -0.2) is 12.7 Å². The Bertz CT molecular complexity index is 696. The summed E-state index contributed by atoms with van der Waals surface area (Å²) in [4.78, 5) is 24.0. The van der Waals surface area contributed by atoms with E-state index in [0.717, 1.165) is 6.26 Å². The molecule has 0 aliphatic carbocycles. The Morgan fingerprint density at radius 1 is 1.43 bits per heavy atom. The molecule has 0 bridgehead atoms. The Hall–Kier alpha value is -1.67. The molecule has 1 unspecified atom stereocenters. The first-order chi connectivity index (χ1) is 9.79. The summed E-state index contributed by atoms with van der Waals surface area (Å²) in [6.45, 7) is 0.718. The van der Waals surface area contributed by atoms with Crippen LogP contribution >= 0.6 is 0 Å². The maximum absolute atomic E-state index is 12.1. The van der Waals surface area contributed by atoms with Crippen LogP contribution in [0.2, 0.25) is 0 Å². The average Bonchev–Trinajstić information content (AvgIpc) is 2.41. The normalized spacial score (nSPS) is 20.2. The van der Waals surface area contributed by atoms with Gasteiger partial charge in [-0.15, -0.1) is 0 Å². The van der Waals surface area contributed by atoms with E-state index in [4.69, 9.17) is 0 Å². The summed E-state index contributed by atoms with van der Waals surface area (Å²) in [5.41, 5.74) is -0.303.